The standard InChI is InChI=1S/C15H21N3O4S/c16-23(21,22)11-12-8-9-18(10-12)15(20)7-6-14(19)17-13-4-2-1-3-5-13/h1-5,12H,6-11H2,(H,17,19)(H2,16,21,22)/t12-/m1/s1. The van der Waals surface area contributed by atoms with E-state index in [-0.39, 0.29) is 36.3 Å². The number of benzene rings is 1. The Morgan fingerprint density at radius 2 is 1.91 bits per heavy atom. The van der Waals surface area contributed by atoms with E-state index in [0.717, 1.165) is 0 Å². The molecule has 0 saturated carbocycles. The predicted octanol–water partition coefficient (Wildman–Crippen LogP) is 0.542. The van der Waals surface area contributed by atoms with Crippen LogP contribution in [0, 0.1) is 5.92 Å². The minimum absolute atomic E-state index is 0.101. The van der Waals surface area contributed by atoms with Crippen molar-refractivity contribution >= 4 is 27.5 Å². The molecule has 23 heavy (non-hydrogen) atoms. The summed E-state index contributed by atoms with van der Waals surface area (Å²) in [4.78, 5) is 25.5. The van der Waals surface area contributed by atoms with Gasteiger partial charge in [-0.3, -0.25) is 9.59 Å². The smallest absolute Gasteiger partial charge is 0.224 e. The quantitative estimate of drug-likeness (QED) is 0.788. The molecule has 1 fully saturated rings. The molecule has 1 aromatic rings. The number of nitrogens with one attached hydrogen (secondary N) is 1. The summed E-state index contributed by atoms with van der Waals surface area (Å²) in [5.41, 5.74) is 0.694. The third-order valence-corrected chi connectivity index (χ3v) is 4.67. The molecule has 3 N–H and O–H groups in total. The number of para-hydroxylation sites is 1. The van der Waals surface area contributed by atoms with Crippen molar-refractivity contribution in [2.75, 3.05) is 24.2 Å². The molecule has 0 aliphatic carbocycles. The highest BCUT2D eigenvalue weighted by molar-refractivity contribution is 7.89. The van der Waals surface area contributed by atoms with Crippen LogP contribution in [-0.4, -0.2) is 44.0 Å². The minimum atomic E-state index is -3.52. The molecule has 0 radical (unpaired) electrons. The molecular weight excluding hydrogens is 318 g/mol. The van der Waals surface area contributed by atoms with E-state index in [4.69, 9.17) is 5.14 Å². The second-order valence-electron chi connectivity index (χ2n) is 5.74. The number of nitrogens with zero attached hydrogens (tertiary/aromatic N) is 1. The number of hydrogen-bond donors (Lipinski definition) is 2. The molecule has 0 spiro atoms. The Morgan fingerprint density at radius 3 is 2.57 bits per heavy atom. The van der Waals surface area contributed by atoms with Crippen molar-refractivity contribution in [2.24, 2.45) is 11.1 Å². The number of hydrogen-bond acceptors (Lipinski definition) is 4. The van der Waals surface area contributed by atoms with Crippen LogP contribution in [0.5, 0.6) is 0 Å². The van der Waals surface area contributed by atoms with E-state index in [9.17, 15) is 18.0 Å². The number of sulfonamides is 1. The summed E-state index contributed by atoms with van der Waals surface area (Å²) in [5.74, 6) is -0.576. The molecule has 2 rings (SSSR count). The number of likely N-dealkylation sites (tertiary alicyclic amines) is 1. The number of anilines is 1. The fourth-order valence-corrected chi connectivity index (χ4v) is 3.58. The van der Waals surface area contributed by atoms with E-state index in [0.29, 0.717) is 25.2 Å². The van der Waals surface area contributed by atoms with Crippen LogP contribution in [0.25, 0.3) is 0 Å². The number of carbonyl (C=O) groups is 2. The van der Waals surface area contributed by atoms with Crippen molar-refractivity contribution in [1.82, 2.24) is 4.90 Å². The number of nitrogens with two attached hydrogens (primary N) is 1. The Kier molecular flexibility index (Phi) is 5.73. The molecule has 0 bridgehead atoms. The van der Waals surface area contributed by atoms with E-state index in [1.165, 1.54) is 0 Å². The van der Waals surface area contributed by atoms with Gasteiger partial charge in [0.25, 0.3) is 0 Å². The minimum Gasteiger partial charge on any atom is -0.342 e. The van der Waals surface area contributed by atoms with E-state index < -0.39 is 10.0 Å². The van der Waals surface area contributed by atoms with Gasteiger partial charge in [0.15, 0.2) is 0 Å². The largest absolute Gasteiger partial charge is 0.342 e. The first-order valence-electron chi connectivity index (χ1n) is 7.46. The van der Waals surface area contributed by atoms with Gasteiger partial charge in [-0.25, -0.2) is 13.6 Å². The maximum absolute atomic E-state index is 12.1. The number of rotatable bonds is 6. The normalized spacial score (nSPS) is 18.0. The van der Waals surface area contributed by atoms with Gasteiger partial charge in [-0.1, -0.05) is 18.2 Å². The van der Waals surface area contributed by atoms with E-state index >= 15 is 0 Å². The molecule has 1 aromatic carbocycles. The van der Waals surface area contributed by atoms with Crippen LogP contribution in [0.4, 0.5) is 5.69 Å². The Morgan fingerprint density at radius 1 is 1.22 bits per heavy atom. The zero-order valence-electron chi connectivity index (χ0n) is 12.8. The van der Waals surface area contributed by atoms with Gasteiger partial charge in [-0.05, 0) is 24.5 Å². The second-order valence-corrected chi connectivity index (χ2v) is 7.40. The van der Waals surface area contributed by atoms with Gasteiger partial charge in [0, 0.05) is 31.6 Å². The van der Waals surface area contributed by atoms with Gasteiger partial charge in [0.05, 0.1) is 5.75 Å². The van der Waals surface area contributed by atoms with Crippen LogP contribution in [0.15, 0.2) is 30.3 Å². The first-order valence-corrected chi connectivity index (χ1v) is 9.18. The average molecular weight is 339 g/mol. The van der Waals surface area contributed by atoms with Crippen molar-refractivity contribution in [3.8, 4) is 0 Å². The van der Waals surface area contributed by atoms with Gasteiger partial charge >= 0.3 is 0 Å². The maximum Gasteiger partial charge on any atom is 0.224 e. The number of carbonyl (C=O) groups excluding carboxylic acids is 2. The SMILES string of the molecule is NS(=O)(=O)C[C@@H]1CCN(C(=O)CCC(=O)Nc2ccccc2)C1. The second kappa shape index (κ2) is 7.56. The Hall–Kier alpha value is -1.93. The Labute approximate surface area is 135 Å². The van der Waals surface area contributed by atoms with Gasteiger partial charge < -0.3 is 10.2 Å². The zero-order chi connectivity index (χ0) is 16.9. The van der Waals surface area contributed by atoms with Crippen molar-refractivity contribution in [2.45, 2.75) is 19.3 Å². The monoisotopic (exact) mass is 339 g/mol. The zero-order valence-corrected chi connectivity index (χ0v) is 13.6. The summed E-state index contributed by atoms with van der Waals surface area (Å²) in [6.07, 6.45) is 0.837. The molecule has 7 nitrogen and oxygen atoms in total. The molecular formula is C15H21N3O4S. The maximum atomic E-state index is 12.1. The van der Waals surface area contributed by atoms with E-state index in [1.54, 1.807) is 17.0 Å². The topological polar surface area (TPSA) is 110 Å². The van der Waals surface area contributed by atoms with Crippen LogP contribution >= 0.6 is 0 Å². The predicted molar refractivity (Wildman–Crippen MR) is 87.0 cm³/mol. The molecule has 2 amide bonds. The van der Waals surface area contributed by atoms with Crippen LogP contribution in [0.3, 0.4) is 0 Å². The fourth-order valence-electron chi connectivity index (χ4n) is 2.65. The van der Waals surface area contributed by atoms with Gasteiger partial charge in [-0.2, -0.15) is 0 Å². The van der Waals surface area contributed by atoms with Crippen LogP contribution < -0.4 is 10.5 Å². The molecule has 1 saturated heterocycles. The van der Waals surface area contributed by atoms with Crippen molar-refractivity contribution in [1.29, 1.82) is 0 Å². The van der Waals surface area contributed by atoms with Crippen molar-refractivity contribution < 1.29 is 18.0 Å². The number of primary sulfonamides is 1. The Balaban J connectivity index is 1.74. The molecule has 0 aromatic heterocycles. The van der Waals surface area contributed by atoms with Crippen LogP contribution in [-0.2, 0) is 19.6 Å². The first-order chi connectivity index (χ1) is 10.8. The molecule has 1 aliphatic rings. The lowest BCUT2D eigenvalue weighted by atomic mass is 10.2. The molecule has 1 aliphatic heterocycles. The highest BCUT2D eigenvalue weighted by Gasteiger charge is 2.28. The van der Waals surface area contributed by atoms with Crippen LogP contribution in [0.1, 0.15) is 19.3 Å². The van der Waals surface area contributed by atoms with E-state index in [1.807, 2.05) is 18.2 Å². The lowest BCUT2D eigenvalue weighted by Crippen LogP contribution is -2.31. The molecule has 126 valence electrons. The fraction of sp³-hybridized carbons (Fsp3) is 0.467. The highest BCUT2D eigenvalue weighted by Crippen LogP contribution is 2.18. The average Bonchev–Trinajstić information content (AvgIpc) is 2.92. The van der Waals surface area contributed by atoms with Gasteiger partial charge in [0.2, 0.25) is 21.8 Å². The van der Waals surface area contributed by atoms with Crippen LogP contribution in [0.2, 0.25) is 0 Å². The van der Waals surface area contributed by atoms with E-state index in [2.05, 4.69) is 5.32 Å². The third kappa shape index (κ3) is 5.99. The van der Waals surface area contributed by atoms with Crippen molar-refractivity contribution in [3.05, 3.63) is 30.3 Å². The molecule has 0 unspecified atom stereocenters. The lowest BCUT2D eigenvalue weighted by Gasteiger charge is -2.16. The summed E-state index contributed by atoms with van der Waals surface area (Å²) >= 11 is 0. The first kappa shape index (κ1) is 17.4. The summed E-state index contributed by atoms with van der Waals surface area (Å²) in [6, 6.07) is 9.04. The van der Waals surface area contributed by atoms with Gasteiger partial charge in [-0.15, -0.1) is 0 Å². The molecule has 1 heterocycles. The van der Waals surface area contributed by atoms with Gasteiger partial charge in [0.1, 0.15) is 0 Å². The summed E-state index contributed by atoms with van der Waals surface area (Å²) in [7, 11) is -3.52. The summed E-state index contributed by atoms with van der Waals surface area (Å²) < 4.78 is 22.1. The lowest BCUT2D eigenvalue weighted by molar-refractivity contribution is -0.132. The highest BCUT2D eigenvalue weighted by atomic mass is 32.2. The Bertz CT molecular complexity index is 661. The van der Waals surface area contributed by atoms with Crippen molar-refractivity contribution in [3.63, 3.8) is 0 Å². The molecule has 1 atom stereocenters. The third-order valence-electron chi connectivity index (χ3n) is 3.73. The molecule has 8 heteroatoms. The number of amides is 2. The summed E-state index contributed by atoms with van der Waals surface area (Å²) in [6.45, 7) is 0.898. The summed E-state index contributed by atoms with van der Waals surface area (Å²) in [5, 5.41) is 7.75.